The molecule has 2 aromatic carbocycles. The molecule has 174 valence electrons. The van der Waals surface area contributed by atoms with Gasteiger partial charge in [-0.3, -0.25) is 14.5 Å². The third-order valence-corrected chi connectivity index (χ3v) is 5.42. The van der Waals surface area contributed by atoms with Gasteiger partial charge in [0.05, 0.1) is 23.8 Å². The van der Waals surface area contributed by atoms with Crippen LogP contribution in [0, 0.1) is 18.3 Å². The summed E-state index contributed by atoms with van der Waals surface area (Å²) >= 11 is 0. The van der Waals surface area contributed by atoms with E-state index < -0.39 is 29.1 Å². The van der Waals surface area contributed by atoms with Crippen molar-refractivity contribution in [2.75, 3.05) is 11.5 Å². The zero-order chi connectivity index (χ0) is 24.5. The first-order valence-corrected chi connectivity index (χ1v) is 11.1. The van der Waals surface area contributed by atoms with E-state index in [4.69, 9.17) is 4.74 Å². The molecule has 1 aliphatic heterocycles. The topological polar surface area (TPSA) is 83.9 Å². The van der Waals surface area contributed by atoms with Crippen LogP contribution >= 0.6 is 0 Å². The van der Waals surface area contributed by atoms with Gasteiger partial charge in [0.1, 0.15) is 0 Å². The van der Waals surface area contributed by atoms with Crippen molar-refractivity contribution in [2.45, 2.75) is 47.6 Å². The zero-order valence-corrected chi connectivity index (χ0v) is 20.0. The number of hydrogen-bond acceptors (Lipinski definition) is 5. The lowest BCUT2D eigenvalue weighted by atomic mass is 9.82. The number of aliphatic hydroxyl groups is 1. The van der Waals surface area contributed by atoms with Gasteiger partial charge in [0.25, 0.3) is 5.91 Å². The summed E-state index contributed by atoms with van der Waals surface area (Å²) in [6, 6.07) is 13.2. The van der Waals surface area contributed by atoms with E-state index in [1.54, 1.807) is 45.0 Å². The van der Waals surface area contributed by atoms with Gasteiger partial charge in [-0.1, -0.05) is 64.4 Å². The summed E-state index contributed by atoms with van der Waals surface area (Å²) in [4.78, 5) is 40.2. The first-order valence-electron chi connectivity index (χ1n) is 11.1. The van der Waals surface area contributed by atoms with E-state index in [-0.39, 0.29) is 17.3 Å². The van der Waals surface area contributed by atoms with Crippen molar-refractivity contribution in [3.8, 4) is 0 Å². The number of anilines is 1. The van der Waals surface area contributed by atoms with E-state index in [0.29, 0.717) is 17.9 Å². The Kier molecular flexibility index (Phi) is 6.77. The Balaban J connectivity index is 2.04. The Bertz CT molecular complexity index is 1110. The second-order valence-corrected chi connectivity index (χ2v) is 9.87. The van der Waals surface area contributed by atoms with E-state index in [1.807, 2.05) is 45.0 Å². The molecule has 33 heavy (non-hydrogen) atoms. The van der Waals surface area contributed by atoms with Gasteiger partial charge in [0, 0.05) is 11.1 Å². The number of esters is 1. The molecule has 0 aliphatic carbocycles. The fourth-order valence-corrected chi connectivity index (χ4v) is 3.75. The third kappa shape index (κ3) is 5.00. The van der Waals surface area contributed by atoms with Crippen molar-refractivity contribution in [2.24, 2.45) is 11.3 Å². The molecule has 2 aromatic rings. The van der Waals surface area contributed by atoms with Crippen molar-refractivity contribution >= 4 is 23.3 Å². The molecule has 0 radical (unpaired) electrons. The Morgan fingerprint density at radius 2 is 1.73 bits per heavy atom. The zero-order valence-electron chi connectivity index (χ0n) is 20.0. The van der Waals surface area contributed by atoms with Crippen LogP contribution in [0.4, 0.5) is 5.69 Å². The maximum atomic E-state index is 13.3. The largest absolute Gasteiger partial charge is 0.503 e. The van der Waals surface area contributed by atoms with Gasteiger partial charge in [-0.05, 0) is 42.7 Å². The molecule has 6 nitrogen and oxygen atoms in total. The minimum Gasteiger partial charge on any atom is -0.503 e. The highest BCUT2D eigenvalue weighted by Gasteiger charge is 2.46. The van der Waals surface area contributed by atoms with Crippen LogP contribution in [0.3, 0.4) is 0 Å². The first-order chi connectivity index (χ1) is 15.4. The number of hydrogen-bond donors (Lipinski definition) is 1. The number of amides is 1. The van der Waals surface area contributed by atoms with Gasteiger partial charge in [-0.2, -0.15) is 0 Å². The molecule has 1 amide bonds. The van der Waals surface area contributed by atoms with Crippen molar-refractivity contribution in [1.82, 2.24) is 0 Å². The molecular weight excluding hydrogens is 418 g/mol. The summed E-state index contributed by atoms with van der Waals surface area (Å²) in [5.74, 6) is -1.71. The molecule has 1 N–H and O–H groups in total. The van der Waals surface area contributed by atoms with Crippen molar-refractivity contribution in [3.63, 3.8) is 0 Å². The fourth-order valence-electron chi connectivity index (χ4n) is 3.75. The summed E-state index contributed by atoms with van der Waals surface area (Å²) in [6.45, 7) is 11.4. The van der Waals surface area contributed by atoms with Gasteiger partial charge in [0.2, 0.25) is 0 Å². The number of ketones is 1. The molecule has 1 aliphatic rings. The van der Waals surface area contributed by atoms with E-state index >= 15 is 0 Å². The predicted octanol–water partition coefficient (Wildman–Crippen LogP) is 5.32. The normalized spacial score (nSPS) is 16.5. The second-order valence-electron chi connectivity index (χ2n) is 9.87. The molecule has 0 saturated heterocycles. The maximum absolute atomic E-state index is 13.3. The van der Waals surface area contributed by atoms with E-state index in [2.05, 4.69) is 0 Å². The highest BCUT2D eigenvalue weighted by molar-refractivity contribution is 6.17. The number of nitrogens with zero attached hydrogens (tertiary/aromatic N) is 1. The maximum Gasteiger partial charge on any atom is 0.338 e. The standard InChI is InChI=1S/C27H31NO5/c1-16(2)15-33-26(32)18-10-12-20(13-11-18)28-22(19-9-7-8-17(3)14-19)21(23(29)25(28)31)24(30)27(4,5)6/h7-14,16,22,29H,15H2,1-6H3. The number of benzene rings is 2. The third-order valence-electron chi connectivity index (χ3n) is 5.42. The van der Waals surface area contributed by atoms with Crippen molar-refractivity contribution in [1.29, 1.82) is 0 Å². The summed E-state index contributed by atoms with van der Waals surface area (Å²) < 4.78 is 5.27. The number of aryl methyl sites for hydroxylation is 1. The Labute approximate surface area is 194 Å². The van der Waals surface area contributed by atoms with E-state index in [9.17, 15) is 19.5 Å². The number of ether oxygens (including phenoxy) is 1. The monoisotopic (exact) mass is 449 g/mol. The van der Waals surface area contributed by atoms with Crippen LogP contribution in [0.2, 0.25) is 0 Å². The Morgan fingerprint density at radius 3 is 2.27 bits per heavy atom. The summed E-state index contributed by atoms with van der Waals surface area (Å²) in [5.41, 5.74) is 1.82. The molecule has 3 rings (SSSR count). The summed E-state index contributed by atoms with van der Waals surface area (Å²) in [6.07, 6.45) is 0. The smallest absolute Gasteiger partial charge is 0.338 e. The van der Waals surface area contributed by atoms with Gasteiger partial charge in [-0.25, -0.2) is 4.79 Å². The van der Waals surface area contributed by atoms with Crippen LogP contribution in [0.25, 0.3) is 0 Å². The number of aliphatic hydroxyl groups excluding tert-OH is 1. The minimum atomic E-state index is -0.786. The van der Waals surface area contributed by atoms with Crippen LogP contribution in [0.1, 0.15) is 62.1 Å². The average Bonchev–Trinajstić information content (AvgIpc) is 3.01. The van der Waals surface area contributed by atoms with Crippen LogP contribution in [0.15, 0.2) is 59.9 Å². The molecule has 0 bridgehead atoms. The number of carbonyl (C=O) groups excluding carboxylic acids is 3. The van der Waals surface area contributed by atoms with Crippen molar-refractivity contribution < 1.29 is 24.2 Å². The Morgan fingerprint density at radius 1 is 1.09 bits per heavy atom. The molecule has 6 heteroatoms. The lowest BCUT2D eigenvalue weighted by Crippen LogP contribution is -2.32. The quantitative estimate of drug-likeness (QED) is 0.603. The van der Waals surface area contributed by atoms with Gasteiger partial charge >= 0.3 is 5.97 Å². The SMILES string of the molecule is Cc1cccc(C2C(C(=O)C(C)(C)C)=C(O)C(=O)N2c2ccc(C(=O)OCC(C)C)cc2)c1. The van der Waals surface area contributed by atoms with Crippen LogP contribution < -0.4 is 4.90 Å². The van der Waals surface area contributed by atoms with Crippen LogP contribution in [-0.4, -0.2) is 29.4 Å². The molecule has 0 aromatic heterocycles. The van der Waals surface area contributed by atoms with Crippen LogP contribution in [0.5, 0.6) is 0 Å². The minimum absolute atomic E-state index is 0.0820. The van der Waals surface area contributed by atoms with Gasteiger partial charge in [0.15, 0.2) is 11.5 Å². The highest BCUT2D eigenvalue weighted by atomic mass is 16.5. The lowest BCUT2D eigenvalue weighted by Gasteiger charge is -2.29. The molecule has 1 unspecified atom stereocenters. The number of rotatable bonds is 6. The lowest BCUT2D eigenvalue weighted by molar-refractivity contribution is -0.123. The number of carbonyl (C=O) groups is 3. The molecular formula is C27H31NO5. The van der Waals surface area contributed by atoms with Crippen molar-refractivity contribution in [3.05, 3.63) is 76.6 Å². The van der Waals surface area contributed by atoms with Gasteiger partial charge < -0.3 is 9.84 Å². The molecule has 0 fully saturated rings. The number of Topliss-reactive ketones (excluding diaryl/α,β-unsaturated/α-hetero) is 1. The average molecular weight is 450 g/mol. The Hall–Kier alpha value is -3.41. The first kappa shape index (κ1) is 24.2. The fraction of sp³-hybridized carbons (Fsp3) is 0.370. The molecule has 1 heterocycles. The predicted molar refractivity (Wildman–Crippen MR) is 127 cm³/mol. The van der Waals surface area contributed by atoms with Crippen LogP contribution in [-0.2, 0) is 14.3 Å². The summed E-state index contributed by atoms with van der Waals surface area (Å²) in [7, 11) is 0. The molecule has 0 spiro atoms. The molecule has 0 saturated carbocycles. The summed E-state index contributed by atoms with van der Waals surface area (Å²) in [5, 5.41) is 10.8. The highest BCUT2D eigenvalue weighted by Crippen LogP contribution is 2.43. The van der Waals surface area contributed by atoms with E-state index in [0.717, 1.165) is 11.1 Å². The second kappa shape index (κ2) is 9.22. The van der Waals surface area contributed by atoms with Gasteiger partial charge in [-0.15, -0.1) is 0 Å². The molecule has 1 atom stereocenters. The van der Waals surface area contributed by atoms with E-state index in [1.165, 1.54) is 4.90 Å².